The second-order valence-corrected chi connectivity index (χ2v) is 5.41. The summed E-state index contributed by atoms with van der Waals surface area (Å²) in [7, 11) is 5.77. The number of hydrogen-bond acceptors (Lipinski definition) is 4. The first-order valence-electron chi connectivity index (χ1n) is 7.15. The quantitative estimate of drug-likeness (QED) is 0.842. The average Bonchev–Trinajstić information content (AvgIpc) is 2.88. The van der Waals surface area contributed by atoms with Crippen LogP contribution in [0.15, 0.2) is 36.5 Å². The Balaban J connectivity index is 2.15. The number of nitrogens with two attached hydrogens (primary N) is 1. The zero-order valence-corrected chi connectivity index (χ0v) is 13.0. The van der Waals surface area contributed by atoms with E-state index < -0.39 is 0 Å². The van der Waals surface area contributed by atoms with Gasteiger partial charge in [-0.2, -0.15) is 5.10 Å². The predicted octanol–water partition coefficient (Wildman–Crippen LogP) is 1.70. The molecule has 1 heterocycles. The Kier molecular flexibility index (Phi) is 5.36. The van der Waals surface area contributed by atoms with Crippen molar-refractivity contribution in [3.63, 3.8) is 0 Å². The number of rotatable bonds is 7. The van der Waals surface area contributed by atoms with E-state index in [1.165, 1.54) is 0 Å². The van der Waals surface area contributed by atoms with Gasteiger partial charge in [0.2, 0.25) is 0 Å². The highest BCUT2D eigenvalue weighted by atomic mass is 16.5. The molecule has 1 aromatic carbocycles. The van der Waals surface area contributed by atoms with E-state index in [4.69, 9.17) is 10.5 Å². The molecule has 0 aliphatic rings. The molecule has 21 heavy (non-hydrogen) atoms. The molecule has 2 rings (SSSR count). The van der Waals surface area contributed by atoms with Crippen molar-refractivity contribution in [2.75, 3.05) is 27.7 Å². The van der Waals surface area contributed by atoms with Crippen LogP contribution in [0.3, 0.4) is 0 Å². The number of ether oxygens (including phenoxy) is 1. The number of hydrogen-bond donors (Lipinski definition) is 1. The molecule has 1 unspecified atom stereocenters. The third-order valence-electron chi connectivity index (χ3n) is 3.53. The van der Waals surface area contributed by atoms with E-state index in [1.807, 2.05) is 22.9 Å². The van der Waals surface area contributed by atoms with Crippen molar-refractivity contribution in [2.24, 2.45) is 5.73 Å². The zero-order valence-electron chi connectivity index (χ0n) is 13.0. The van der Waals surface area contributed by atoms with Gasteiger partial charge < -0.3 is 15.4 Å². The maximum absolute atomic E-state index is 6.33. The molecule has 5 nitrogen and oxygen atoms in total. The number of aromatic nitrogens is 2. The van der Waals surface area contributed by atoms with Crippen LogP contribution in [0.2, 0.25) is 0 Å². The van der Waals surface area contributed by atoms with Gasteiger partial charge in [0.1, 0.15) is 0 Å². The highest BCUT2D eigenvalue weighted by Gasteiger charge is 2.16. The van der Waals surface area contributed by atoms with Crippen LogP contribution in [0.25, 0.3) is 0 Å². The van der Waals surface area contributed by atoms with Crippen LogP contribution in [0.4, 0.5) is 0 Å². The van der Waals surface area contributed by atoms with Crippen LogP contribution >= 0.6 is 0 Å². The summed E-state index contributed by atoms with van der Waals surface area (Å²) in [4.78, 5) is 2.13. The van der Waals surface area contributed by atoms with E-state index in [0.717, 1.165) is 30.1 Å². The van der Waals surface area contributed by atoms with Gasteiger partial charge in [-0.3, -0.25) is 4.68 Å². The third-order valence-corrected chi connectivity index (χ3v) is 3.53. The fourth-order valence-corrected chi connectivity index (χ4v) is 2.28. The Bertz CT molecular complexity index is 551. The topological polar surface area (TPSA) is 56.3 Å². The lowest BCUT2D eigenvalue weighted by atomic mass is 10.0. The first-order valence-corrected chi connectivity index (χ1v) is 7.15. The Hall–Kier alpha value is -1.85. The third kappa shape index (κ3) is 4.06. The second-order valence-electron chi connectivity index (χ2n) is 5.41. The SMILES string of the molecule is COc1cnn(CCN(C)C)c1CC(N)c1ccccc1. The summed E-state index contributed by atoms with van der Waals surface area (Å²) in [6.45, 7) is 1.76. The van der Waals surface area contributed by atoms with E-state index in [-0.39, 0.29) is 6.04 Å². The van der Waals surface area contributed by atoms with Gasteiger partial charge in [-0.1, -0.05) is 30.3 Å². The molecular weight excluding hydrogens is 264 g/mol. The van der Waals surface area contributed by atoms with Crippen molar-refractivity contribution >= 4 is 0 Å². The number of nitrogens with zero attached hydrogens (tertiary/aromatic N) is 3. The minimum absolute atomic E-state index is 0.0603. The molecule has 0 aliphatic carbocycles. The summed E-state index contributed by atoms with van der Waals surface area (Å²) in [5, 5.41) is 4.42. The summed E-state index contributed by atoms with van der Waals surface area (Å²) in [5.74, 6) is 0.806. The van der Waals surface area contributed by atoms with Gasteiger partial charge in [-0.25, -0.2) is 0 Å². The fourth-order valence-electron chi connectivity index (χ4n) is 2.28. The standard InChI is InChI=1S/C16H24N4O/c1-19(2)9-10-20-15(16(21-3)12-18-20)11-14(17)13-7-5-4-6-8-13/h4-8,12,14H,9-11,17H2,1-3H3. The van der Waals surface area contributed by atoms with Gasteiger partial charge in [-0.15, -0.1) is 0 Å². The average molecular weight is 288 g/mol. The van der Waals surface area contributed by atoms with E-state index in [1.54, 1.807) is 13.3 Å². The lowest BCUT2D eigenvalue weighted by Gasteiger charge is -2.16. The van der Waals surface area contributed by atoms with Gasteiger partial charge in [0.15, 0.2) is 5.75 Å². The molecule has 0 bridgehead atoms. The molecule has 5 heteroatoms. The second kappa shape index (κ2) is 7.24. The Labute approximate surface area is 126 Å². The lowest BCUT2D eigenvalue weighted by molar-refractivity contribution is 0.364. The molecule has 0 amide bonds. The molecular formula is C16H24N4O. The van der Waals surface area contributed by atoms with E-state index in [0.29, 0.717) is 6.42 Å². The van der Waals surface area contributed by atoms with Crippen molar-refractivity contribution in [3.05, 3.63) is 47.8 Å². The number of methoxy groups -OCH3 is 1. The summed E-state index contributed by atoms with van der Waals surface area (Å²) in [5.41, 5.74) is 8.50. The van der Waals surface area contributed by atoms with Gasteiger partial charge in [0, 0.05) is 19.0 Å². The predicted molar refractivity (Wildman–Crippen MR) is 84.4 cm³/mol. The van der Waals surface area contributed by atoms with Gasteiger partial charge in [0.25, 0.3) is 0 Å². The number of benzene rings is 1. The fraction of sp³-hybridized carbons (Fsp3) is 0.438. The molecule has 0 saturated carbocycles. The van der Waals surface area contributed by atoms with Gasteiger partial charge in [-0.05, 0) is 19.7 Å². The van der Waals surface area contributed by atoms with Gasteiger partial charge >= 0.3 is 0 Å². The Morgan fingerprint density at radius 1 is 1.29 bits per heavy atom. The molecule has 0 radical (unpaired) electrons. The molecule has 1 aromatic heterocycles. The van der Waals surface area contributed by atoms with E-state index in [2.05, 4.69) is 36.2 Å². The van der Waals surface area contributed by atoms with Crippen molar-refractivity contribution in [3.8, 4) is 5.75 Å². The summed E-state index contributed by atoms with van der Waals surface area (Å²) in [6, 6.07) is 10.1. The highest BCUT2D eigenvalue weighted by molar-refractivity contribution is 5.28. The smallest absolute Gasteiger partial charge is 0.160 e. The molecule has 2 aromatic rings. The summed E-state index contributed by atoms with van der Waals surface area (Å²) < 4.78 is 7.40. The van der Waals surface area contributed by atoms with Crippen molar-refractivity contribution in [2.45, 2.75) is 19.0 Å². The highest BCUT2D eigenvalue weighted by Crippen LogP contribution is 2.23. The van der Waals surface area contributed by atoms with Crippen LogP contribution < -0.4 is 10.5 Å². The van der Waals surface area contributed by atoms with Crippen LogP contribution in [0, 0.1) is 0 Å². The van der Waals surface area contributed by atoms with Crippen molar-refractivity contribution in [1.29, 1.82) is 0 Å². The van der Waals surface area contributed by atoms with Crippen LogP contribution in [-0.2, 0) is 13.0 Å². The van der Waals surface area contributed by atoms with Crippen LogP contribution in [-0.4, -0.2) is 42.4 Å². The van der Waals surface area contributed by atoms with Crippen LogP contribution in [0.5, 0.6) is 5.75 Å². The van der Waals surface area contributed by atoms with Crippen molar-refractivity contribution in [1.82, 2.24) is 14.7 Å². The molecule has 1 atom stereocenters. The molecule has 0 spiro atoms. The maximum atomic E-state index is 6.33. The summed E-state index contributed by atoms with van der Waals surface area (Å²) in [6.07, 6.45) is 2.48. The lowest BCUT2D eigenvalue weighted by Crippen LogP contribution is -2.22. The van der Waals surface area contributed by atoms with E-state index >= 15 is 0 Å². The van der Waals surface area contributed by atoms with E-state index in [9.17, 15) is 0 Å². The summed E-state index contributed by atoms with van der Waals surface area (Å²) >= 11 is 0. The Morgan fingerprint density at radius 2 is 2.00 bits per heavy atom. The minimum Gasteiger partial charge on any atom is -0.493 e. The molecule has 2 N–H and O–H groups in total. The first-order chi connectivity index (χ1) is 10.1. The monoisotopic (exact) mass is 288 g/mol. The minimum atomic E-state index is -0.0603. The van der Waals surface area contributed by atoms with Crippen molar-refractivity contribution < 1.29 is 4.74 Å². The molecule has 0 fully saturated rings. The molecule has 0 aliphatic heterocycles. The Morgan fingerprint density at radius 3 is 2.62 bits per heavy atom. The van der Waals surface area contributed by atoms with Crippen LogP contribution in [0.1, 0.15) is 17.3 Å². The number of likely N-dealkylation sites (N-methyl/N-ethyl adjacent to an activating group) is 1. The maximum Gasteiger partial charge on any atom is 0.160 e. The zero-order chi connectivity index (χ0) is 15.2. The molecule has 114 valence electrons. The normalized spacial score (nSPS) is 12.6. The van der Waals surface area contributed by atoms with Gasteiger partial charge in [0.05, 0.1) is 25.5 Å². The molecule has 0 saturated heterocycles. The largest absolute Gasteiger partial charge is 0.493 e. The first kappa shape index (κ1) is 15.5.